The normalized spacial score (nSPS) is 11.8. The topological polar surface area (TPSA) is 46.2 Å². The van der Waals surface area contributed by atoms with Gasteiger partial charge in [0.25, 0.3) is 0 Å². The van der Waals surface area contributed by atoms with Gasteiger partial charge in [0, 0.05) is 18.4 Å². The SMILES string of the molecule is CC(=O)N[C@@H](CSCC=C(C)C)C(=O)CCl. The van der Waals surface area contributed by atoms with Gasteiger partial charge in [-0.15, -0.1) is 11.6 Å². The standard InChI is InChI=1S/C11H18ClNO2S/c1-8(2)4-5-16-7-10(11(15)6-12)13-9(3)14/h4,10H,5-7H2,1-3H3,(H,13,14)/t10-/m0/s1. The summed E-state index contributed by atoms with van der Waals surface area (Å²) in [6.45, 7) is 5.45. The summed E-state index contributed by atoms with van der Waals surface area (Å²) in [4.78, 5) is 22.3. The number of thioether (sulfide) groups is 1. The molecule has 1 N–H and O–H groups in total. The van der Waals surface area contributed by atoms with E-state index in [0.29, 0.717) is 5.75 Å². The van der Waals surface area contributed by atoms with Crippen LogP contribution in [0.1, 0.15) is 20.8 Å². The lowest BCUT2D eigenvalue weighted by Crippen LogP contribution is -2.42. The van der Waals surface area contributed by atoms with Gasteiger partial charge in [0.2, 0.25) is 5.91 Å². The summed E-state index contributed by atoms with van der Waals surface area (Å²) in [5, 5.41) is 2.60. The van der Waals surface area contributed by atoms with Crippen LogP contribution in [0.5, 0.6) is 0 Å². The number of nitrogens with one attached hydrogen (secondary N) is 1. The van der Waals surface area contributed by atoms with Crippen LogP contribution < -0.4 is 5.32 Å². The third-order valence-corrected chi connectivity index (χ3v) is 3.03. The highest BCUT2D eigenvalue weighted by Crippen LogP contribution is 2.06. The summed E-state index contributed by atoms with van der Waals surface area (Å²) in [6.07, 6.45) is 2.08. The maximum atomic E-state index is 11.4. The molecule has 16 heavy (non-hydrogen) atoms. The van der Waals surface area contributed by atoms with Gasteiger partial charge in [0.1, 0.15) is 0 Å². The van der Waals surface area contributed by atoms with Crippen LogP contribution in [0.15, 0.2) is 11.6 Å². The number of Topliss-reactive ketones (excluding diaryl/α,β-unsaturated/α-hetero) is 1. The predicted octanol–water partition coefficient (Wildman–Crippen LogP) is 2.00. The first kappa shape index (κ1) is 15.5. The molecule has 0 saturated heterocycles. The van der Waals surface area contributed by atoms with Crippen LogP contribution in [0.25, 0.3) is 0 Å². The van der Waals surface area contributed by atoms with Crippen molar-refractivity contribution >= 4 is 35.1 Å². The molecular weight excluding hydrogens is 246 g/mol. The minimum atomic E-state index is -0.467. The average Bonchev–Trinajstić information content (AvgIpc) is 2.20. The zero-order valence-corrected chi connectivity index (χ0v) is 11.5. The van der Waals surface area contributed by atoms with Crippen LogP contribution in [0.3, 0.4) is 0 Å². The molecule has 0 radical (unpaired) electrons. The second kappa shape index (κ2) is 8.65. The molecule has 0 heterocycles. The zero-order chi connectivity index (χ0) is 12.6. The van der Waals surface area contributed by atoms with Crippen molar-refractivity contribution in [3.8, 4) is 0 Å². The second-order valence-corrected chi connectivity index (χ2v) is 5.01. The molecule has 0 aromatic heterocycles. The average molecular weight is 264 g/mol. The molecule has 0 spiro atoms. The van der Waals surface area contributed by atoms with Gasteiger partial charge in [-0.3, -0.25) is 9.59 Å². The summed E-state index contributed by atoms with van der Waals surface area (Å²) >= 11 is 7.08. The van der Waals surface area contributed by atoms with E-state index in [1.807, 2.05) is 13.8 Å². The highest BCUT2D eigenvalue weighted by molar-refractivity contribution is 7.99. The second-order valence-electron chi connectivity index (χ2n) is 3.67. The summed E-state index contributed by atoms with van der Waals surface area (Å²) in [5.41, 5.74) is 1.24. The van der Waals surface area contributed by atoms with E-state index >= 15 is 0 Å². The monoisotopic (exact) mass is 263 g/mol. The van der Waals surface area contributed by atoms with Crippen LogP contribution in [0.2, 0.25) is 0 Å². The molecule has 0 aromatic carbocycles. The number of allylic oxidation sites excluding steroid dienone is 1. The van der Waals surface area contributed by atoms with Crippen molar-refractivity contribution in [3.63, 3.8) is 0 Å². The van der Waals surface area contributed by atoms with Crippen molar-refractivity contribution in [2.45, 2.75) is 26.8 Å². The Morgan fingerprint density at radius 3 is 2.44 bits per heavy atom. The quantitative estimate of drug-likeness (QED) is 0.434. The Hall–Kier alpha value is -0.480. The Bertz CT molecular complexity index is 275. The fraction of sp³-hybridized carbons (Fsp3) is 0.636. The first-order valence-corrected chi connectivity index (χ1v) is 6.73. The maximum Gasteiger partial charge on any atom is 0.217 e. The van der Waals surface area contributed by atoms with Crippen molar-refractivity contribution < 1.29 is 9.59 Å². The Balaban J connectivity index is 4.07. The molecule has 92 valence electrons. The molecule has 0 aliphatic rings. The van der Waals surface area contributed by atoms with Crippen LogP contribution in [0, 0.1) is 0 Å². The van der Waals surface area contributed by atoms with E-state index in [-0.39, 0.29) is 17.6 Å². The fourth-order valence-electron chi connectivity index (χ4n) is 0.965. The predicted molar refractivity (Wildman–Crippen MR) is 70.1 cm³/mol. The Morgan fingerprint density at radius 1 is 1.38 bits per heavy atom. The highest BCUT2D eigenvalue weighted by atomic mass is 35.5. The van der Waals surface area contributed by atoms with Crippen molar-refractivity contribution in [3.05, 3.63) is 11.6 Å². The summed E-state index contributed by atoms with van der Waals surface area (Å²) in [7, 11) is 0. The van der Waals surface area contributed by atoms with Gasteiger partial charge in [-0.1, -0.05) is 11.6 Å². The van der Waals surface area contributed by atoms with Crippen molar-refractivity contribution in [2.24, 2.45) is 0 Å². The van der Waals surface area contributed by atoms with Gasteiger partial charge in [-0.05, 0) is 13.8 Å². The Labute approximate surface area is 106 Å². The lowest BCUT2D eigenvalue weighted by Gasteiger charge is -2.14. The van der Waals surface area contributed by atoms with E-state index < -0.39 is 6.04 Å². The van der Waals surface area contributed by atoms with E-state index in [0.717, 1.165) is 5.75 Å². The lowest BCUT2D eigenvalue weighted by atomic mass is 10.2. The number of carbonyl (C=O) groups excluding carboxylic acids is 2. The van der Waals surface area contributed by atoms with E-state index in [1.54, 1.807) is 11.8 Å². The lowest BCUT2D eigenvalue weighted by molar-refractivity contribution is -0.124. The van der Waals surface area contributed by atoms with Crippen LogP contribution >= 0.6 is 23.4 Å². The van der Waals surface area contributed by atoms with Crippen molar-refractivity contribution in [2.75, 3.05) is 17.4 Å². The minimum absolute atomic E-state index is 0.0614. The first-order chi connectivity index (χ1) is 7.47. The molecule has 0 fully saturated rings. The van der Waals surface area contributed by atoms with Crippen molar-refractivity contribution in [1.29, 1.82) is 0 Å². The summed E-state index contributed by atoms with van der Waals surface area (Å²) in [5.74, 6) is 1.00. The molecular formula is C11H18ClNO2S. The van der Waals surface area contributed by atoms with E-state index in [9.17, 15) is 9.59 Å². The van der Waals surface area contributed by atoms with Gasteiger partial charge < -0.3 is 5.32 Å². The molecule has 0 saturated carbocycles. The van der Waals surface area contributed by atoms with E-state index in [1.165, 1.54) is 12.5 Å². The number of amides is 1. The van der Waals surface area contributed by atoms with Crippen LogP contribution in [-0.2, 0) is 9.59 Å². The van der Waals surface area contributed by atoms with Gasteiger partial charge in [0.05, 0.1) is 11.9 Å². The summed E-state index contributed by atoms with van der Waals surface area (Å²) in [6, 6.07) is -0.467. The van der Waals surface area contributed by atoms with Crippen LogP contribution in [0.4, 0.5) is 0 Å². The summed E-state index contributed by atoms with van der Waals surface area (Å²) < 4.78 is 0. The van der Waals surface area contributed by atoms with Gasteiger partial charge in [-0.25, -0.2) is 0 Å². The number of halogens is 1. The molecule has 0 unspecified atom stereocenters. The molecule has 3 nitrogen and oxygen atoms in total. The highest BCUT2D eigenvalue weighted by Gasteiger charge is 2.17. The zero-order valence-electron chi connectivity index (χ0n) is 9.88. The fourth-order valence-corrected chi connectivity index (χ4v) is 2.24. The van der Waals surface area contributed by atoms with Crippen LogP contribution in [-0.4, -0.2) is 35.1 Å². The number of hydrogen-bond acceptors (Lipinski definition) is 3. The number of carbonyl (C=O) groups is 2. The van der Waals surface area contributed by atoms with Crippen molar-refractivity contribution in [1.82, 2.24) is 5.32 Å². The molecule has 1 atom stereocenters. The van der Waals surface area contributed by atoms with Gasteiger partial charge in [-0.2, -0.15) is 11.8 Å². The number of rotatable bonds is 7. The largest absolute Gasteiger partial charge is 0.346 e. The molecule has 0 aliphatic carbocycles. The maximum absolute atomic E-state index is 11.4. The minimum Gasteiger partial charge on any atom is -0.346 e. The molecule has 1 amide bonds. The Morgan fingerprint density at radius 2 is 2.00 bits per heavy atom. The molecule has 0 bridgehead atoms. The molecule has 0 aliphatic heterocycles. The first-order valence-electron chi connectivity index (χ1n) is 5.04. The molecule has 0 rings (SSSR count). The van der Waals surface area contributed by atoms with E-state index in [4.69, 9.17) is 11.6 Å². The van der Waals surface area contributed by atoms with Gasteiger partial charge in [0.15, 0.2) is 5.78 Å². The number of ketones is 1. The van der Waals surface area contributed by atoms with Gasteiger partial charge >= 0.3 is 0 Å². The van der Waals surface area contributed by atoms with E-state index in [2.05, 4.69) is 11.4 Å². The third-order valence-electron chi connectivity index (χ3n) is 1.79. The number of alkyl halides is 1. The molecule has 0 aromatic rings. The third kappa shape index (κ3) is 7.77. The Kier molecular flexibility index (Phi) is 8.39. The number of hydrogen-bond donors (Lipinski definition) is 1. The smallest absolute Gasteiger partial charge is 0.217 e. The molecule has 5 heteroatoms.